The van der Waals surface area contributed by atoms with E-state index in [2.05, 4.69) is 15.5 Å². The second-order valence-electron chi connectivity index (χ2n) is 3.78. The molecule has 92 valence electrons. The Kier molecular flexibility index (Phi) is 5.15. The van der Waals surface area contributed by atoms with Gasteiger partial charge >= 0.3 is 0 Å². The van der Waals surface area contributed by atoms with Crippen molar-refractivity contribution in [3.63, 3.8) is 0 Å². The number of rotatable bonds is 6. The predicted molar refractivity (Wildman–Crippen MR) is 58.7 cm³/mol. The third-order valence-corrected chi connectivity index (χ3v) is 3.78. The molecule has 0 amide bonds. The minimum Gasteiger partial charge on any atom is -0.383 e. The van der Waals surface area contributed by atoms with Crippen LogP contribution in [-0.4, -0.2) is 34.7 Å². The van der Waals surface area contributed by atoms with Gasteiger partial charge in [-0.05, 0) is 12.8 Å². The molecule has 0 aliphatic heterocycles. The van der Waals surface area contributed by atoms with Crippen LogP contribution in [0.1, 0.15) is 19.3 Å². The normalized spacial score (nSPS) is 25.5. The van der Waals surface area contributed by atoms with Crippen LogP contribution in [0.5, 0.6) is 0 Å². The molecule has 16 heavy (non-hydrogen) atoms. The number of nitrogens with zero attached hydrogens (tertiary/aromatic N) is 1. The van der Waals surface area contributed by atoms with Crippen molar-refractivity contribution in [3.8, 4) is 6.07 Å². The van der Waals surface area contributed by atoms with Crippen LogP contribution < -0.4 is 9.44 Å². The van der Waals surface area contributed by atoms with Crippen molar-refractivity contribution in [2.45, 2.75) is 25.3 Å². The van der Waals surface area contributed by atoms with Gasteiger partial charge in [0.05, 0.1) is 18.6 Å². The van der Waals surface area contributed by atoms with Gasteiger partial charge in [0, 0.05) is 19.7 Å². The van der Waals surface area contributed by atoms with Gasteiger partial charge < -0.3 is 4.74 Å². The summed E-state index contributed by atoms with van der Waals surface area (Å²) in [6, 6.07) is 1.87. The van der Waals surface area contributed by atoms with Gasteiger partial charge in [0.15, 0.2) is 0 Å². The lowest BCUT2D eigenvalue weighted by atomic mass is 10.1. The third kappa shape index (κ3) is 4.06. The SMILES string of the molecule is COCCNS(=O)(=O)NC1CCCC1C#N. The van der Waals surface area contributed by atoms with E-state index in [4.69, 9.17) is 10.00 Å². The molecule has 0 aromatic carbocycles. The molecule has 7 heteroatoms. The van der Waals surface area contributed by atoms with Crippen molar-refractivity contribution in [1.29, 1.82) is 5.26 Å². The van der Waals surface area contributed by atoms with Gasteiger partial charge in [-0.3, -0.25) is 0 Å². The molecule has 0 spiro atoms. The zero-order valence-corrected chi connectivity index (χ0v) is 10.1. The van der Waals surface area contributed by atoms with E-state index in [0.29, 0.717) is 6.61 Å². The molecule has 2 atom stereocenters. The first kappa shape index (κ1) is 13.4. The molecule has 0 heterocycles. The summed E-state index contributed by atoms with van der Waals surface area (Å²) in [5.74, 6) is -0.209. The first-order chi connectivity index (χ1) is 7.59. The summed E-state index contributed by atoms with van der Waals surface area (Å²) in [6.45, 7) is 0.559. The standard InChI is InChI=1S/C9H17N3O3S/c1-15-6-5-11-16(13,14)12-9-4-2-3-8(9)7-10/h8-9,11-12H,2-6H2,1H3. The van der Waals surface area contributed by atoms with Crippen LogP contribution in [0.25, 0.3) is 0 Å². The summed E-state index contributed by atoms with van der Waals surface area (Å²) < 4.78 is 32.7. The van der Waals surface area contributed by atoms with Crippen LogP contribution in [0, 0.1) is 17.2 Å². The van der Waals surface area contributed by atoms with Gasteiger partial charge in [-0.25, -0.2) is 0 Å². The molecule has 1 aliphatic carbocycles. The van der Waals surface area contributed by atoms with Gasteiger partial charge in [-0.1, -0.05) is 6.42 Å². The molecule has 2 unspecified atom stereocenters. The fraction of sp³-hybridized carbons (Fsp3) is 0.889. The predicted octanol–water partition coefficient (Wildman–Crippen LogP) is -0.251. The average Bonchev–Trinajstić information content (AvgIpc) is 2.64. The topological polar surface area (TPSA) is 91.2 Å². The van der Waals surface area contributed by atoms with E-state index in [1.807, 2.05) is 0 Å². The van der Waals surface area contributed by atoms with Gasteiger partial charge in [0.2, 0.25) is 0 Å². The lowest BCUT2D eigenvalue weighted by Crippen LogP contribution is -2.44. The first-order valence-corrected chi connectivity index (χ1v) is 6.73. The minimum absolute atomic E-state index is 0.209. The maximum atomic E-state index is 11.5. The summed E-state index contributed by atoms with van der Waals surface area (Å²) in [7, 11) is -2.01. The fourth-order valence-electron chi connectivity index (χ4n) is 1.77. The van der Waals surface area contributed by atoms with Crippen molar-refractivity contribution < 1.29 is 13.2 Å². The molecule has 0 radical (unpaired) electrons. The van der Waals surface area contributed by atoms with E-state index in [0.717, 1.165) is 19.3 Å². The fourth-order valence-corrected chi connectivity index (χ4v) is 2.89. The van der Waals surface area contributed by atoms with Gasteiger partial charge in [-0.2, -0.15) is 23.1 Å². The van der Waals surface area contributed by atoms with E-state index in [1.54, 1.807) is 0 Å². The summed E-state index contributed by atoms with van der Waals surface area (Å²) in [4.78, 5) is 0. The molecule has 0 aromatic heterocycles. The second kappa shape index (κ2) is 6.15. The van der Waals surface area contributed by atoms with Crippen LogP contribution in [0.3, 0.4) is 0 Å². The molecule has 0 bridgehead atoms. The van der Waals surface area contributed by atoms with Crippen LogP contribution >= 0.6 is 0 Å². The third-order valence-electron chi connectivity index (χ3n) is 2.59. The van der Waals surface area contributed by atoms with Gasteiger partial charge in [0.25, 0.3) is 10.2 Å². The van der Waals surface area contributed by atoms with Gasteiger partial charge in [-0.15, -0.1) is 0 Å². The highest BCUT2D eigenvalue weighted by molar-refractivity contribution is 7.87. The summed E-state index contributed by atoms with van der Waals surface area (Å²) in [6.07, 6.45) is 2.38. The van der Waals surface area contributed by atoms with Crippen LogP contribution in [-0.2, 0) is 14.9 Å². The largest absolute Gasteiger partial charge is 0.383 e. The van der Waals surface area contributed by atoms with E-state index in [-0.39, 0.29) is 18.5 Å². The highest BCUT2D eigenvalue weighted by Gasteiger charge is 2.30. The van der Waals surface area contributed by atoms with Crippen LogP contribution in [0.2, 0.25) is 0 Å². The molecular weight excluding hydrogens is 230 g/mol. The molecule has 0 aromatic rings. The smallest absolute Gasteiger partial charge is 0.277 e. The summed E-state index contributed by atoms with van der Waals surface area (Å²) in [5.41, 5.74) is 0. The molecule has 6 nitrogen and oxygen atoms in total. The van der Waals surface area contributed by atoms with Crippen molar-refractivity contribution in [3.05, 3.63) is 0 Å². The Morgan fingerprint density at radius 1 is 1.50 bits per heavy atom. The number of methoxy groups -OCH3 is 1. The Hall–Kier alpha value is -0.680. The van der Waals surface area contributed by atoms with E-state index < -0.39 is 10.2 Å². The second-order valence-corrected chi connectivity index (χ2v) is 5.31. The van der Waals surface area contributed by atoms with Crippen molar-refractivity contribution in [2.24, 2.45) is 5.92 Å². The van der Waals surface area contributed by atoms with E-state index in [9.17, 15) is 8.42 Å². The summed E-state index contributed by atoms with van der Waals surface area (Å²) >= 11 is 0. The Labute approximate surface area is 96.2 Å². The molecule has 1 aliphatic rings. The molecule has 2 N–H and O–H groups in total. The quantitative estimate of drug-likeness (QED) is 0.633. The van der Waals surface area contributed by atoms with Crippen molar-refractivity contribution in [2.75, 3.05) is 20.3 Å². The molecular formula is C9H17N3O3S. The lowest BCUT2D eigenvalue weighted by molar-refractivity contribution is 0.204. The number of hydrogen-bond donors (Lipinski definition) is 2. The monoisotopic (exact) mass is 247 g/mol. The van der Waals surface area contributed by atoms with Crippen LogP contribution in [0.4, 0.5) is 0 Å². The van der Waals surface area contributed by atoms with Crippen molar-refractivity contribution >= 4 is 10.2 Å². The zero-order chi connectivity index (χ0) is 12.0. The van der Waals surface area contributed by atoms with E-state index >= 15 is 0 Å². The highest BCUT2D eigenvalue weighted by atomic mass is 32.2. The zero-order valence-electron chi connectivity index (χ0n) is 9.27. The number of nitriles is 1. The first-order valence-electron chi connectivity index (χ1n) is 5.24. The number of nitrogens with one attached hydrogen (secondary N) is 2. The lowest BCUT2D eigenvalue weighted by Gasteiger charge is -2.15. The number of hydrogen-bond acceptors (Lipinski definition) is 4. The Morgan fingerprint density at radius 3 is 2.88 bits per heavy atom. The summed E-state index contributed by atoms with van der Waals surface area (Å²) in [5, 5.41) is 8.82. The number of ether oxygens (including phenoxy) is 1. The minimum atomic E-state index is -3.51. The van der Waals surface area contributed by atoms with Crippen molar-refractivity contribution in [1.82, 2.24) is 9.44 Å². The molecule has 0 saturated heterocycles. The Bertz CT molecular complexity index is 350. The molecule has 1 rings (SSSR count). The highest BCUT2D eigenvalue weighted by Crippen LogP contribution is 2.25. The Morgan fingerprint density at radius 2 is 2.25 bits per heavy atom. The van der Waals surface area contributed by atoms with Crippen LogP contribution in [0.15, 0.2) is 0 Å². The molecule has 1 saturated carbocycles. The van der Waals surface area contributed by atoms with E-state index in [1.165, 1.54) is 7.11 Å². The average molecular weight is 247 g/mol. The van der Waals surface area contributed by atoms with Gasteiger partial charge in [0.1, 0.15) is 0 Å². The Balaban J connectivity index is 2.43. The maximum absolute atomic E-state index is 11.5. The maximum Gasteiger partial charge on any atom is 0.277 e. The molecule has 1 fully saturated rings.